The molecule has 1 heterocycles. The van der Waals surface area contributed by atoms with E-state index in [1.165, 1.54) is 0 Å². The van der Waals surface area contributed by atoms with Crippen molar-refractivity contribution in [3.05, 3.63) is 0 Å². The van der Waals surface area contributed by atoms with Crippen molar-refractivity contribution >= 4 is 11.8 Å². The van der Waals surface area contributed by atoms with Crippen LogP contribution in [0.2, 0.25) is 0 Å². The Hall–Kier alpha value is -1.50. The van der Waals surface area contributed by atoms with Crippen LogP contribution >= 0.6 is 0 Å². The number of rotatable bonds is 3. The molecule has 2 amide bonds. The van der Waals surface area contributed by atoms with Crippen molar-refractivity contribution in [1.29, 1.82) is 0 Å². The van der Waals surface area contributed by atoms with Crippen molar-refractivity contribution in [3.63, 3.8) is 0 Å². The van der Waals surface area contributed by atoms with Gasteiger partial charge < -0.3 is 10.2 Å². The Morgan fingerprint density at radius 3 is 2.39 bits per heavy atom. The van der Waals surface area contributed by atoms with Gasteiger partial charge >= 0.3 is 0 Å². The molecule has 1 aliphatic heterocycles. The van der Waals surface area contributed by atoms with E-state index >= 15 is 0 Å². The van der Waals surface area contributed by atoms with Gasteiger partial charge in [0.2, 0.25) is 11.8 Å². The third kappa shape index (κ3) is 2.35. The molecule has 4 nitrogen and oxygen atoms in total. The molecule has 1 rings (SSSR count). The molecule has 0 aromatic heterocycles. The van der Waals surface area contributed by atoms with Gasteiger partial charge in [-0.1, -0.05) is 26.7 Å². The van der Waals surface area contributed by atoms with E-state index in [1.807, 2.05) is 20.8 Å². The quantitative estimate of drug-likeness (QED) is 0.764. The average molecular weight is 250 g/mol. The maximum Gasteiger partial charge on any atom is 0.249 e. The molecule has 0 aromatic carbocycles. The van der Waals surface area contributed by atoms with E-state index in [-0.39, 0.29) is 23.8 Å². The van der Waals surface area contributed by atoms with Crippen molar-refractivity contribution in [1.82, 2.24) is 10.2 Å². The first-order chi connectivity index (χ1) is 8.26. The molecule has 1 fully saturated rings. The summed E-state index contributed by atoms with van der Waals surface area (Å²) in [6.45, 7) is 9.19. The number of amides is 2. The van der Waals surface area contributed by atoms with Crippen LogP contribution in [0.1, 0.15) is 41.0 Å². The molecule has 0 bridgehead atoms. The smallest absolute Gasteiger partial charge is 0.249 e. The fourth-order valence-corrected chi connectivity index (χ4v) is 2.37. The van der Waals surface area contributed by atoms with Crippen LogP contribution in [0.5, 0.6) is 0 Å². The molecule has 0 aliphatic carbocycles. The number of piperazine rings is 1. The van der Waals surface area contributed by atoms with Gasteiger partial charge in [-0.05, 0) is 26.2 Å². The predicted octanol–water partition coefficient (Wildman–Crippen LogP) is 1.16. The fraction of sp³-hybridized carbons (Fsp3) is 0.714. The average Bonchev–Trinajstić information content (AvgIpc) is 2.25. The minimum Gasteiger partial charge on any atom is -0.340 e. The topological polar surface area (TPSA) is 49.4 Å². The molecule has 2 unspecified atom stereocenters. The van der Waals surface area contributed by atoms with Crippen molar-refractivity contribution in [2.24, 2.45) is 5.92 Å². The number of carbonyl (C=O) groups excluding carboxylic acids is 2. The first-order valence-corrected chi connectivity index (χ1v) is 6.37. The summed E-state index contributed by atoms with van der Waals surface area (Å²) in [6.07, 6.45) is 6.14. The van der Waals surface area contributed by atoms with Gasteiger partial charge in [0.05, 0.1) is 6.04 Å². The Morgan fingerprint density at radius 2 is 2.00 bits per heavy atom. The van der Waals surface area contributed by atoms with Gasteiger partial charge in [0.1, 0.15) is 11.6 Å². The second-order valence-corrected chi connectivity index (χ2v) is 5.61. The van der Waals surface area contributed by atoms with Gasteiger partial charge in [0, 0.05) is 0 Å². The lowest BCUT2D eigenvalue weighted by atomic mass is 9.89. The first kappa shape index (κ1) is 14.6. The second kappa shape index (κ2) is 5.01. The summed E-state index contributed by atoms with van der Waals surface area (Å²) in [5.74, 6) is 2.43. The highest BCUT2D eigenvalue weighted by Gasteiger charge is 2.48. The summed E-state index contributed by atoms with van der Waals surface area (Å²) < 4.78 is 0. The van der Waals surface area contributed by atoms with Gasteiger partial charge in [-0.15, -0.1) is 6.42 Å². The van der Waals surface area contributed by atoms with Crippen LogP contribution in [0.3, 0.4) is 0 Å². The standard InChI is InChI=1S/C14H22N2O2/c1-7-10(8-2)16-11(9(3)4)12(17)15-14(5,6)13(16)18/h1,9-11H,8H2,2-6H3,(H,15,17). The van der Waals surface area contributed by atoms with Crippen LogP contribution in [0.15, 0.2) is 0 Å². The first-order valence-electron chi connectivity index (χ1n) is 6.37. The molecule has 0 saturated carbocycles. The van der Waals surface area contributed by atoms with Crippen LogP contribution in [0.4, 0.5) is 0 Å². The zero-order valence-electron chi connectivity index (χ0n) is 11.8. The van der Waals surface area contributed by atoms with Crippen molar-refractivity contribution in [3.8, 4) is 12.3 Å². The van der Waals surface area contributed by atoms with Gasteiger partial charge in [-0.2, -0.15) is 0 Å². The molecule has 1 aliphatic rings. The van der Waals surface area contributed by atoms with E-state index in [0.717, 1.165) is 0 Å². The Morgan fingerprint density at radius 1 is 1.44 bits per heavy atom. The lowest BCUT2D eigenvalue weighted by Gasteiger charge is -2.46. The third-order valence-electron chi connectivity index (χ3n) is 3.32. The fourth-order valence-electron chi connectivity index (χ4n) is 2.37. The van der Waals surface area contributed by atoms with E-state index in [1.54, 1.807) is 18.7 Å². The Kier molecular flexibility index (Phi) is 4.05. The van der Waals surface area contributed by atoms with E-state index in [9.17, 15) is 9.59 Å². The number of hydrogen-bond donors (Lipinski definition) is 1. The van der Waals surface area contributed by atoms with Crippen molar-refractivity contribution in [2.75, 3.05) is 0 Å². The number of nitrogens with zero attached hydrogens (tertiary/aromatic N) is 1. The zero-order valence-corrected chi connectivity index (χ0v) is 11.8. The Balaban J connectivity index is 3.22. The highest BCUT2D eigenvalue weighted by atomic mass is 16.2. The number of terminal acetylenes is 1. The minimum atomic E-state index is -0.882. The maximum atomic E-state index is 12.5. The Labute approximate surface area is 109 Å². The van der Waals surface area contributed by atoms with E-state index in [0.29, 0.717) is 6.42 Å². The van der Waals surface area contributed by atoms with Gasteiger partial charge in [0.15, 0.2) is 0 Å². The largest absolute Gasteiger partial charge is 0.340 e. The summed E-state index contributed by atoms with van der Waals surface area (Å²) in [5.41, 5.74) is -0.882. The summed E-state index contributed by atoms with van der Waals surface area (Å²) >= 11 is 0. The highest BCUT2D eigenvalue weighted by Crippen LogP contribution is 2.25. The molecule has 0 radical (unpaired) electrons. The van der Waals surface area contributed by atoms with Crippen LogP contribution in [0.25, 0.3) is 0 Å². The van der Waals surface area contributed by atoms with Gasteiger partial charge in [-0.25, -0.2) is 0 Å². The van der Waals surface area contributed by atoms with Crippen LogP contribution in [0, 0.1) is 18.3 Å². The normalized spacial score (nSPS) is 24.7. The lowest BCUT2D eigenvalue weighted by Crippen LogP contribution is -2.70. The number of nitrogens with one attached hydrogen (secondary N) is 1. The molecular formula is C14H22N2O2. The molecule has 18 heavy (non-hydrogen) atoms. The SMILES string of the molecule is C#CC(CC)N1C(=O)C(C)(C)NC(=O)C1C(C)C. The number of hydrogen-bond acceptors (Lipinski definition) is 2. The summed E-state index contributed by atoms with van der Waals surface area (Å²) in [5, 5.41) is 2.77. The minimum absolute atomic E-state index is 0.0347. The van der Waals surface area contributed by atoms with E-state index in [4.69, 9.17) is 6.42 Å². The van der Waals surface area contributed by atoms with Gasteiger partial charge in [-0.3, -0.25) is 9.59 Å². The highest BCUT2D eigenvalue weighted by molar-refractivity contribution is 5.99. The summed E-state index contributed by atoms with van der Waals surface area (Å²) in [4.78, 5) is 26.2. The summed E-state index contributed by atoms with van der Waals surface area (Å²) in [6, 6.07) is -0.804. The molecule has 2 atom stereocenters. The molecule has 1 N–H and O–H groups in total. The van der Waals surface area contributed by atoms with E-state index in [2.05, 4.69) is 11.2 Å². The third-order valence-corrected chi connectivity index (χ3v) is 3.32. The Bertz CT molecular complexity index is 393. The zero-order chi connectivity index (χ0) is 14.1. The summed E-state index contributed by atoms with van der Waals surface area (Å²) in [7, 11) is 0. The van der Waals surface area contributed by atoms with Crippen molar-refractivity contribution < 1.29 is 9.59 Å². The second-order valence-electron chi connectivity index (χ2n) is 5.61. The monoisotopic (exact) mass is 250 g/mol. The van der Waals surface area contributed by atoms with Crippen LogP contribution in [-0.2, 0) is 9.59 Å². The lowest BCUT2D eigenvalue weighted by molar-refractivity contribution is -0.157. The maximum absolute atomic E-state index is 12.5. The molecule has 1 saturated heterocycles. The molecule has 0 spiro atoms. The van der Waals surface area contributed by atoms with Crippen LogP contribution < -0.4 is 5.32 Å². The molecule has 4 heteroatoms. The van der Waals surface area contributed by atoms with Crippen LogP contribution in [-0.4, -0.2) is 34.3 Å². The molecule has 0 aromatic rings. The van der Waals surface area contributed by atoms with Gasteiger partial charge in [0.25, 0.3) is 0 Å². The molecular weight excluding hydrogens is 228 g/mol. The van der Waals surface area contributed by atoms with Crippen molar-refractivity contribution in [2.45, 2.75) is 58.7 Å². The number of carbonyl (C=O) groups is 2. The predicted molar refractivity (Wildman–Crippen MR) is 70.6 cm³/mol. The molecule has 100 valence electrons. The van der Waals surface area contributed by atoms with E-state index < -0.39 is 11.6 Å².